The van der Waals surface area contributed by atoms with Crippen LogP contribution in [-0.4, -0.2) is 108 Å². The molecular formula is C27H30O14. The molecule has 4 unspecified atom stereocenters. The molecule has 222 valence electrons. The molecule has 2 aliphatic rings. The van der Waals surface area contributed by atoms with Gasteiger partial charge in [-0.05, 0) is 31.2 Å². The number of benzene rings is 2. The van der Waals surface area contributed by atoms with E-state index in [1.807, 2.05) is 0 Å². The van der Waals surface area contributed by atoms with Gasteiger partial charge in [0.1, 0.15) is 82.8 Å². The molecule has 2 aliphatic heterocycles. The third-order valence-electron chi connectivity index (χ3n) is 7.41. The van der Waals surface area contributed by atoms with E-state index < -0.39 is 90.3 Å². The van der Waals surface area contributed by atoms with Gasteiger partial charge in [-0.15, -0.1) is 0 Å². The highest BCUT2D eigenvalue weighted by molar-refractivity contribution is 5.88. The molecule has 0 spiro atoms. The van der Waals surface area contributed by atoms with Crippen molar-refractivity contribution in [3.8, 4) is 28.6 Å². The average molecular weight is 579 g/mol. The molecule has 0 bridgehead atoms. The van der Waals surface area contributed by atoms with Crippen LogP contribution in [0.25, 0.3) is 22.3 Å². The molecule has 5 rings (SSSR count). The van der Waals surface area contributed by atoms with Crippen molar-refractivity contribution in [3.63, 3.8) is 0 Å². The highest BCUT2D eigenvalue weighted by Crippen LogP contribution is 2.46. The average Bonchev–Trinajstić information content (AvgIpc) is 2.93. The highest BCUT2D eigenvalue weighted by Gasteiger charge is 2.51. The Morgan fingerprint density at radius 3 is 2.20 bits per heavy atom. The number of hydrogen-bond acceptors (Lipinski definition) is 14. The fraction of sp³-hybridized carbons (Fsp3) is 0.444. The highest BCUT2D eigenvalue weighted by atomic mass is 16.7. The van der Waals surface area contributed by atoms with Crippen LogP contribution in [0.4, 0.5) is 0 Å². The maximum atomic E-state index is 13.1. The van der Waals surface area contributed by atoms with E-state index in [4.69, 9.17) is 18.6 Å². The smallest absolute Gasteiger partial charge is 0.197 e. The number of aliphatic hydroxyl groups is 6. The van der Waals surface area contributed by atoms with E-state index >= 15 is 0 Å². The van der Waals surface area contributed by atoms with Crippen molar-refractivity contribution in [2.75, 3.05) is 6.61 Å². The first-order valence-electron chi connectivity index (χ1n) is 12.7. The van der Waals surface area contributed by atoms with Crippen LogP contribution in [0.3, 0.4) is 0 Å². The molecular weight excluding hydrogens is 548 g/mol. The van der Waals surface area contributed by atoms with Crippen LogP contribution < -0.4 is 5.43 Å². The number of aromatic hydroxyl groups is 3. The van der Waals surface area contributed by atoms with E-state index in [-0.39, 0.29) is 22.5 Å². The lowest BCUT2D eigenvalue weighted by atomic mass is 9.89. The SMILES string of the molecule is CC1O[C@@H](OC2[C@@H](O)[C@H](O)C(CO)O[C@H]2c2c(O)cc3oc(-c4ccc(O)cc4)cc(=O)c3c2O)C(O)[C@@H](O)[C@H]1O. The van der Waals surface area contributed by atoms with Gasteiger partial charge in [-0.1, -0.05) is 0 Å². The van der Waals surface area contributed by atoms with Crippen molar-refractivity contribution in [3.05, 3.63) is 52.2 Å². The molecule has 14 nitrogen and oxygen atoms in total. The summed E-state index contributed by atoms with van der Waals surface area (Å²) in [6, 6.07) is 7.85. The second-order valence-electron chi connectivity index (χ2n) is 10.1. The molecule has 2 aromatic carbocycles. The zero-order valence-corrected chi connectivity index (χ0v) is 21.5. The summed E-state index contributed by atoms with van der Waals surface area (Å²) in [5, 5.41) is 93.1. The van der Waals surface area contributed by atoms with Gasteiger partial charge in [-0.2, -0.15) is 0 Å². The summed E-state index contributed by atoms with van der Waals surface area (Å²) >= 11 is 0. The minimum atomic E-state index is -1.86. The van der Waals surface area contributed by atoms with Crippen molar-refractivity contribution >= 4 is 11.0 Å². The van der Waals surface area contributed by atoms with E-state index in [0.717, 1.165) is 12.1 Å². The third-order valence-corrected chi connectivity index (χ3v) is 7.41. The predicted octanol–water partition coefficient (Wildman–Crippen LogP) is -1.06. The topological polar surface area (TPSA) is 240 Å². The van der Waals surface area contributed by atoms with Gasteiger partial charge in [-0.25, -0.2) is 0 Å². The summed E-state index contributed by atoms with van der Waals surface area (Å²) in [4.78, 5) is 13.1. The van der Waals surface area contributed by atoms with E-state index in [0.29, 0.717) is 5.56 Å². The van der Waals surface area contributed by atoms with Crippen molar-refractivity contribution in [1.29, 1.82) is 0 Å². The number of phenolic OH excluding ortho intramolecular Hbond substituents is 3. The number of hydrogen-bond donors (Lipinski definition) is 9. The van der Waals surface area contributed by atoms with Crippen LogP contribution in [0.15, 0.2) is 45.6 Å². The molecule has 3 heterocycles. The lowest BCUT2D eigenvalue weighted by Crippen LogP contribution is -2.61. The van der Waals surface area contributed by atoms with Crippen molar-refractivity contribution < 1.29 is 64.6 Å². The quantitative estimate of drug-likeness (QED) is 0.175. The van der Waals surface area contributed by atoms with E-state index in [9.17, 15) is 50.8 Å². The number of rotatable bonds is 5. The molecule has 10 atom stereocenters. The second-order valence-corrected chi connectivity index (χ2v) is 10.1. The molecule has 0 aliphatic carbocycles. The van der Waals surface area contributed by atoms with Gasteiger partial charge in [0.15, 0.2) is 11.7 Å². The van der Waals surface area contributed by atoms with Gasteiger partial charge in [0, 0.05) is 17.7 Å². The molecule has 0 radical (unpaired) electrons. The van der Waals surface area contributed by atoms with Crippen LogP contribution in [0.5, 0.6) is 17.2 Å². The van der Waals surface area contributed by atoms with Gasteiger partial charge in [0.2, 0.25) is 0 Å². The molecule has 0 amide bonds. The summed E-state index contributed by atoms with van der Waals surface area (Å²) in [6.07, 6.45) is -16.1. The van der Waals surface area contributed by atoms with Crippen molar-refractivity contribution in [2.45, 2.75) is 68.1 Å². The maximum Gasteiger partial charge on any atom is 0.197 e. The van der Waals surface area contributed by atoms with Crippen LogP contribution in [0.2, 0.25) is 0 Å². The molecule has 0 saturated carbocycles. The second kappa shape index (κ2) is 11.2. The molecule has 9 N–H and O–H groups in total. The van der Waals surface area contributed by atoms with Gasteiger partial charge in [-0.3, -0.25) is 4.79 Å². The van der Waals surface area contributed by atoms with Crippen LogP contribution in [0, 0.1) is 0 Å². The standard InChI is InChI=1S/C27H30O14/c1-9-19(32)22(35)24(37)27(38-9)41-26-23(36)20(33)16(8-28)40-25(26)18-13(31)7-15-17(21(18)34)12(30)6-14(39-15)10-2-4-11(29)5-3-10/h2-7,9,16,19-20,22-29,31-37H,8H2,1H3/t9?,16?,19-,20+,22-,23-,24?,25-,26?,27-/m0/s1. The monoisotopic (exact) mass is 578 g/mol. The number of phenols is 3. The number of ether oxygens (including phenoxy) is 3. The Morgan fingerprint density at radius 1 is 0.854 bits per heavy atom. The predicted molar refractivity (Wildman–Crippen MR) is 137 cm³/mol. The van der Waals surface area contributed by atoms with Gasteiger partial charge in [0.25, 0.3) is 0 Å². The van der Waals surface area contributed by atoms with E-state index in [1.54, 1.807) is 0 Å². The molecule has 2 saturated heterocycles. The lowest BCUT2D eigenvalue weighted by molar-refractivity contribution is -0.338. The third kappa shape index (κ3) is 5.14. The minimum absolute atomic E-state index is 0.0131. The Balaban J connectivity index is 1.59. The molecule has 3 aromatic rings. The first kappa shape index (κ1) is 29.2. The Labute approximate surface area is 231 Å². The molecule has 14 heteroatoms. The molecule has 1 aromatic heterocycles. The summed E-state index contributed by atoms with van der Waals surface area (Å²) in [6.45, 7) is 0.601. The summed E-state index contributed by atoms with van der Waals surface area (Å²) in [5.74, 6) is -1.42. The zero-order chi connectivity index (χ0) is 29.7. The maximum absolute atomic E-state index is 13.1. The minimum Gasteiger partial charge on any atom is -0.508 e. The normalized spacial score (nSPS) is 34.1. The Hall–Kier alpha value is -3.31. The largest absolute Gasteiger partial charge is 0.508 e. The molecule has 41 heavy (non-hydrogen) atoms. The lowest BCUT2D eigenvalue weighted by Gasteiger charge is -2.46. The number of aliphatic hydroxyl groups excluding tert-OH is 6. The first-order chi connectivity index (χ1) is 19.4. The Morgan fingerprint density at radius 2 is 1.54 bits per heavy atom. The van der Waals surface area contributed by atoms with Gasteiger partial charge in [0.05, 0.1) is 18.3 Å². The molecule has 2 fully saturated rings. The zero-order valence-electron chi connectivity index (χ0n) is 21.5. The number of fused-ring (bicyclic) bond motifs is 1. The van der Waals surface area contributed by atoms with Crippen LogP contribution >= 0.6 is 0 Å². The van der Waals surface area contributed by atoms with Gasteiger partial charge >= 0.3 is 0 Å². The van der Waals surface area contributed by atoms with Crippen LogP contribution in [-0.2, 0) is 14.2 Å². The van der Waals surface area contributed by atoms with E-state index in [2.05, 4.69) is 0 Å². The fourth-order valence-electron chi connectivity index (χ4n) is 5.11. The fourth-order valence-corrected chi connectivity index (χ4v) is 5.11. The van der Waals surface area contributed by atoms with E-state index in [1.165, 1.54) is 31.2 Å². The van der Waals surface area contributed by atoms with Crippen molar-refractivity contribution in [1.82, 2.24) is 0 Å². The van der Waals surface area contributed by atoms with Crippen LogP contribution in [0.1, 0.15) is 18.6 Å². The summed E-state index contributed by atoms with van der Waals surface area (Å²) in [7, 11) is 0. The first-order valence-corrected chi connectivity index (χ1v) is 12.7. The Bertz CT molecular complexity index is 1460. The Kier molecular flexibility index (Phi) is 7.95. The summed E-state index contributed by atoms with van der Waals surface area (Å²) in [5.41, 5.74) is -0.985. The summed E-state index contributed by atoms with van der Waals surface area (Å²) < 4.78 is 22.6. The van der Waals surface area contributed by atoms with Crippen molar-refractivity contribution in [2.24, 2.45) is 0 Å². The van der Waals surface area contributed by atoms with Gasteiger partial charge < -0.3 is 64.6 Å².